The molecule has 2 amide bonds. The van der Waals surface area contributed by atoms with Gasteiger partial charge in [0.25, 0.3) is 0 Å². The van der Waals surface area contributed by atoms with Gasteiger partial charge < -0.3 is 16.0 Å². The third-order valence-electron chi connectivity index (χ3n) is 5.61. The lowest BCUT2D eigenvalue weighted by Crippen LogP contribution is -2.53. The van der Waals surface area contributed by atoms with Crippen LogP contribution < -0.4 is 11.1 Å². The second kappa shape index (κ2) is 11.0. The van der Waals surface area contributed by atoms with Gasteiger partial charge in [-0.3, -0.25) is 9.59 Å². The molecule has 2 aliphatic carbocycles. The van der Waals surface area contributed by atoms with Crippen molar-refractivity contribution in [2.75, 3.05) is 13.1 Å². The topological polar surface area (TPSA) is 75.4 Å². The predicted molar refractivity (Wildman–Crippen MR) is 104 cm³/mol. The van der Waals surface area contributed by atoms with Gasteiger partial charge >= 0.3 is 0 Å². The minimum absolute atomic E-state index is 0. The molecule has 0 heterocycles. The first-order valence-electron chi connectivity index (χ1n) is 9.87. The van der Waals surface area contributed by atoms with Gasteiger partial charge in [-0.15, -0.1) is 12.4 Å². The molecule has 0 spiro atoms. The van der Waals surface area contributed by atoms with Crippen molar-refractivity contribution in [2.24, 2.45) is 17.6 Å². The fourth-order valence-electron chi connectivity index (χ4n) is 4.56. The lowest BCUT2D eigenvalue weighted by molar-refractivity contribution is -0.134. The molecule has 0 aromatic rings. The summed E-state index contributed by atoms with van der Waals surface area (Å²) in [7, 11) is 0. The van der Waals surface area contributed by atoms with Gasteiger partial charge in [0.15, 0.2) is 0 Å². The van der Waals surface area contributed by atoms with Gasteiger partial charge in [-0.25, -0.2) is 0 Å². The molecule has 2 unspecified atom stereocenters. The van der Waals surface area contributed by atoms with Gasteiger partial charge in [-0.2, -0.15) is 0 Å². The van der Waals surface area contributed by atoms with Crippen molar-refractivity contribution in [1.82, 2.24) is 10.2 Å². The van der Waals surface area contributed by atoms with Gasteiger partial charge in [0.05, 0.1) is 0 Å². The van der Waals surface area contributed by atoms with E-state index < -0.39 is 0 Å². The molecule has 2 aliphatic rings. The highest BCUT2D eigenvalue weighted by molar-refractivity contribution is 5.85. The second-order valence-electron chi connectivity index (χ2n) is 7.66. The highest BCUT2D eigenvalue weighted by atomic mass is 35.5. The number of halogens is 1. The highest BCUT2D eigenvalue weighted by Gasteiger charge is 2.39. The first-order chi connectivity index (χ1) is 11.5. The summed E-state index contributed by atoms with van der Waals surface area (Å²) in [6.45, 7) is 5.74. The van der Waals surface area contributed by atoms with Crippen LogP contribution in [0, 0.1) is 11.8 Å². The van der Waals surface area contributed by atoms with E-state index in [1.54, 1.807) is 0 Å². The minimum atomic E-state index is 0. The van der Waals surface area contributed by atoms with Crippen LogP contribution >= 0.6 is 12.4 Å². The fourth-order valence-corrected chi connectivity index (χ4v) is 4.56. The number of carbonyl (C=O) groups excluding carboxylic acids is 2. The summed E-state index contributed by atoms with van der Waals surface area (Å²) in [5.74, 6) is 1.21. The van der Waals surface area contributed by atoms with Gasteiger partial charge in [-0.1, -0.05) is 20.3 Å². The molecule has 25 heavy (non-hydrogen) atoms. The number of nitrogens with two attached hydrogens (primary N) is 1. The molecule has 6 heteroatoms. The average molecular weight is 374 g/mol. The van der Waals surface area contributed by atoms with Crippen LogP contribution in [-0.4, -0.2) is 41.9 Å². The van der Waals surface area contributed by atoms with Crippen LogP contribution in [0.15, 0.2) is 0 Å². The maximum absolute atomic E-state index is 12.4. The third-order valence-corrected chi connectivity index (χ3v) is 5.61. The molecule has 5 nitrogen and oxygen atoms in total. The number of fused-ring (bicyclic) bond motifs is 2. The van der Waals surface area contributed by atoms with Crippen LogP contribution in [0.5, 0.6) is 0 Å². The summed E-state index contributed by atoms with van der Waals surface area (Å²) in [6, 6.07) is 0.579. The Morgan fingerprint density at radius 3 is 2.12 bits per heavy atom. The zero-order valence-electron chi connectivity index (χ0n) is 15.8. The van der Waals surface area contributed by atoms with Crippen molar-refractivity contribution in [1.29, 1.82) is 0 Å². The SMILES string of the molecule is CCCN(CCC)C(=O)CCC(=O)NC1C2CCCC1CC(N)C2.Cl. The van der Waals surface area contributed by atoms with Crippen molar-refractivity contribution >= 4 is 24.2 Å². The van der Waals surface area contributed by atoms with Crippen LogP contribution in [0.2, 0.25) is 0 Å². The van der Waals surface area contributed by atoms with E-state index in [-0.39, 0.29) is 30.3 Å². The molecule has 2 bridgehead atoms. The van der Waals surface area contributed by atoms with E-state index in [1.165, 1.54) is 19.3 Å². The van der Waals surface area contributed by atoms with Crippen LogP contribution in [0.4, 0.5) is 0 Å². The number of nitrogens with one attached hydrogen (secondary N) is 1. The molecule has 2 fully saturated rings. The smallest absolute Gasteiger partial charge is 0.223 e. The summed E-state index contributed by atoms with van der Waals surface area (Å²) < 4.78 is 0. The molecular weight excluding hydrogens is 338 g/mol. The summed E-state index contributed by atoms with van der Waals surface area (Å²) >= 11 is 0. The van der Waals surface area contributed by atoms with E-state index in [0.29, 0.717) is 30.7 Å². The largest absolute Gasteiger partial charge is 0.353 e. The standard InChI is InChI=1S/C19H35N3O2.ClH/c1-3-10-22(11-4-2)18(24)9-8-17(23)21-19-14-6-5-7-15(19)13-16(20)12-14;/h14-16,19H,3-13,20H2,1-2H3,(H,21,23);1H. The molecule has 2 rings (SSSR count). The van der Waals surface area contributed by atoms with Gasteiger partial charge in [0, 0.05) is 38.0 Å². The Bertz CT molecular complexity index is 413. The number of carbonyl (C=O) groups is 2. The van der Waals surface area contributed by atoms with Crippen LogP contribution in [0.3, 0.4) is 0 Å². The van der Waals surface area contributed by atoms with Crippen molar-refractivity contribution in [3.8, 4) is 0 Å². The third kappa shape index (κ3) is 6.45. The number of hydrogen-bond donors (Lipinski definition) is 2. The van der Waals surface area contributed by atoms with Crippen molar-refractivity contribution in [2.45, 2.75) is 83.7 Å². The summed E-state index contributed by atoms with van der Waals surface area (Å²) in [6.07, 6.45) is 8.23. The summed E-state index contributed by atoms with van der Waals surface area (Å²) in [4.78, 5) is 26.5. The van der Waals surface area contributed by atoms with Crippen molar-refractivity contribution < 1.29 is 9.59 Å². The predicted octanol–water partition coefficient (Wildman–Crippen LogP) is 2.86. The Morgan fingerprint density at radius 1 is 1.04 bits per heavy atom. The van der Waals surface area contributed by atoms with Gasteiger partial charge in [0.2, 0.25) is 11.8 Å². The lowest BCUT2D eigenvalue weighted by Gasteiger charge is -2.45. The molecule has 0 aromatic carbocycles. The van der Waals surface area contributed by atoms with Crippen LogP contribution in [0.25, 0.3) is 0 Å². The molecule has 2 saturated carbocycles. The van der Waals surface area contributed by atoms with E-state index in [2.05, 4.69) is 19.2 Å². The Morgan fingerprint density at radius 2 is 1.60 bits per heavy atom. The molecule has 0 radical (unpaired) electrons. The van der Waals surface area contributed by atoms with Crippen LogP contribution in [0.1, 0.15) is 71.6 Å². The van der Waals surface area contributed by atoms with Crippen molar-refractivity contribution in [3.05, 3.63) is 0 Å². The molecule has 0 aromatic heterocycles. The Hall–Kier alpha value is -0.810. The lowest BCUT2D eigenvalue weighted by atomic mass is 9.67. The Kier molecular flexibility index (Phi) is 9.80. The Balaban J connectivity index is 0.00000312. The van der Waals surface area contributed by atoms with Crippen molar-refractivity contribution in [3.63, 3.8) is 0 Å². The molecule has 3 N–H and O–H groups in total. The molecule has 0 aliphatic heterocycles. The second-order valence-corrected chi connectivity index (χ2v) is 7.66. The number of amides is 2. The van der Waals surface area contributed by atoms with E-state index in [4.69, 9.17) is 5.73 Å². The van der Waals surface area contributed by atoms with Gasteiger partial charge in [-0.05, 0) is 50.4 Å². The number of nitrogens with zero attached hydrogens (tertiary/aromatic N) is 1. The maximum atomic E-state index is 12.4. The normalized spacial score (nSPS) is 28.0. The molecule has 0 saturated heterocycles. The zero-order valence-corrected chi connectivity index (χ0v) is 16.7. The first-order valence-corrected chi connectivity index (χ1v) is 9.87. The quantitative estimate of drug-likeness (QED) is 0.686. The van der Waals surface area contributed by atoms with E-state index in [0.717, 1.165) is 38.8 Å². The monoisotopic (exact) mass is 373 g/mol. The van der Waals surface area contributed by atoms with E-state index >= 15 is 0 Å². The number of hydrogen-bond acceptors (Lipinski definition) is 3. The number of rotatable bonds is 8. The van der Waals surface area contributed by atoms with Gasteiger partial charge in [0.1, 0.15) is 0 Å². The summed E-state index contributed by atoms with van der Waals surface area (Å²) in [5, 5.41) is 3.23. The minimum Gasteiger partial charge on any atom is -0.353 e. The van der Waals surface area contributed by atoms with Crippen LogP contribution in [-0.2, 0) is 9.59 Å². The average Bonchev–Trinajstić information content (AvgIpc) is 2.53. The first kappa shape index (κ1) is 22.2. The Labute approximate surface area is 158 Å². The molecule has 2 atom stereocenters. The highest BCUT2D eigenvalue weighted by Crippen LogP contribution is 2.39. The fraction of sp³-hybridized carbons (Fsp3) is 0.895. The maximum Gasteiger partial charge on any atom is 0.223 e. The molecule has 146 valence electrons. The molecular formula is C19H36ClN3O2. The van der Waals surface area contributed by atoms with E-state index in [1.807, 2.05) is 4.90 Å². The zero-order chi connectivity index (χ0) is 17.5. The van der Waals surface area contributed by atoms with E-state index in [9.17, 15) is 9.59 Å². The summed E-state index contributed by atoms with van der Waals surface area (Å²) in [5.41, 5.74) is 6.14.